The van der Waals surface area contributed by atoms with Gasteiger partial charge < -0.3 is 15.2 Å². The lowest BCUT2D eigenvalue weighted by Gasteiger charge is -2.17. The Morgan fingerprint density at radius 1 is 1.25 bits per heavy atom. The van der Waals surface area contributed by atoms with Crippen LogP contribution in [0.2, 0.25) is 0 Å². The summed E-state index contributed by atoms with van der Waals surface area (Å²) in [5.74, 6) is 1.50. The van der Waals surface area contributed by atoms with E-state index < -0.39 is 0 Å². The maximum Gasteiger partial charge on any atom is 0.165 e. The molecular formula is C13H21NO2. The number of para-hydroxylation sites is 1. The predicted molar refractivity (Wildman–Crippen MR) is 66.0 cm³/mol. The summed E-state index contributed by atoms with van der Waals surface area (Å²) in [6, 6.07) is 5.85. The molecule has 1 aromatic rings. The van der Waals surface area contributed by atoms with E-state index in [0.29, 0.717) is 0 Å². The van der Waals surface area contributed by atoms with E-state index in [-0.39, 0.29) is 6.04 Å². The second-order valence-electron chi connectivity index (χ2n) is 3.83. The van der Waals surface area contributed by atoms with Crippen molar-refractivity contribution in [2.75, 3.05) is 14.2 Å². The van der Waals surface area contributed by atoms with Crippen LogP contribution in [0, 0.1) is 0 Å². The van der Waals surface area contributed by atoms with Crippen molar-refractivity contribution in [1.29, 1.82) is 0 Å². The lowest BCUT2D eigenvalue weighted by Crippen LogP contribution is -2.11. The highest BCUT2D eigenvalue weighted by Crippen LogP contribution is 2.35. The topological polar surface area (TPSA) is 44.5 Å². The molecule has 3 nitrogen and oxygen atoms in total. The van der Waals surface area contributed by atoms with Crippen LogP contribution in [-0.2, 0) is 0 Å². The van der Waals surface area contributed by atoms with Crippen LogP contribution < -0.4 is 15.2 Å². The molecule has 1 aromatic carbocycles. The van der Waals surface area contributed by atoms with Crippen LogP contribution in [0.3, 0.4) is 0 Å². The van der Waals surface area contributed by atoms with Gasteiger partial charge >= 0.3 is 0 Å². The second-order valence-corrected chi connectivity index (χ2v) is 3.83. The van der Waals surface area contributed by atoms with Crippen molar-refractivity contribution in [3.05, 3.63) is 23.8 Å². The number of hydrogen-bond donors (Lipinski definition) is 1. The lowest BCUT2D eigenvalue weighted by molar-refractivity contribution is 0.348. The average Bonchev–Trinajstić information content (AvgIpc) is 2.34. The van der Waals surface area contributed by atoms with Gasteiger partial charge in [0.2, 0.25) is 0 Å². The Balaban J connectivity index is 2.93. The summed E-state index contributed by atoms with van der Waals surface area (Å²) in [5, 5.41) is 0. The first-order valence-corrected chi connectivity index (χ1v) is 5.71. The van der Waals surface area contributed by atoms with Gasteiger partial charge in [-0.15, -0.1) is 0 Å². The van der Waals surface area contributed by atoms with Crippen LogP contribution in [0.25, 0.3) is 0 Å². The van der Waals surface area contributed by atoms with Gasteiger partial charge in [-0.2, -0.15) is 0 Å². The average molecular weight is 223 g/mol. The van der Waals surface area contributed by atoms with Gasteiger partial charge in [-0.1, -0.05) is 31.9 Å². The van der Waals surface area contributed by atoms with E-state index >= 15 is 0 Å². The molecule has 0 heterocycles. The largest absolute Gasteiger partial charge is 0.493 e. The number of nitrogens with two attached hydrogens (primary N) is 1. The van der Waals surface area contributed by atoms with E-state index in [9.17, 15) is 0 Å². The molecule has 90 valence electrons. The van der Waals surface area contributed by atoms with Crippen LogP contribution in [0.4, 0.5) is 0 Å². The second kappa shape index (κ2) is 6.38. The Hall–Kier alpha value is -1.22. The number of rotatable bonds is 6. The summed E-state index contributed by atoms with van der Waals surface area (Å²) in [4.78, 5) is 0. The summed E-state index contributed by atoms with van der Waals surface area (Å²) in [5.41, 5.74) is 7.17. The molecule has 0 aromatic heterocycles. The quantitative estimate of drug-likeness (QED) is 0.806. The van der Waals surface area contributed by atoms with E-state index in [4.69, 9.17) is 15.2 Å². The first-order valence-electron chi connectivity index (χ1n) is 5.71. The summed E-state index contributed by atoms with van der Waals surface area (Å²) in [7, 11) is 3.28. The van der Waals surface area contributed by atoms with Gasteiger partial charge in [0.05, 0.1) is 14.2 Å². The van der Waals surface area contributed by atoms with Gasteiger partial charge in [-0.05, 0) is 12.5 Å². The fourth-order valence-electron chi connectivity index (χ4n) is 1.78. The minimum Gasteiger partial charge on any atom is -0.493 e. The molecule has 3 heteroatoms. The maximum absolute atomic E-state index is 6.15. The van der Waals surface area contributed by atoms with Crippen LogP contribution in [0.5, 0.6) is 11.5 Å². The van der Waals surface area contributed by atoms with Crippen molar-refractivity contribution >= 4 is 0 Å². The fraction of sp³-hybridized carbons (Fsp3) is 0.538. The van der Waals surface area contributed by atoms with Crippen molar-refractivity contribution in [2.45, 2.75) is 32.2 Å². The normalized spacial score (nSPS) is 12.2. The molecule has 1 unspecified atom stereocenters. The highest BCUT2D eigenvalue weighted by molar-refractivity contribution is 5.47. The third-order valence-electron chi connectivity index (χ3n) is 2.70. The number of ether oxygens (including phenoxy) is 2. The zero-order chi connectivity index (χ0) is 12.0. The van der Waals surface area contributed by atoms with Gasteiger partial charge in [0, 0.05) is 11.6 Å². The van der Waals surface area contributed by atoms with Gasteiger partial charge in [0.15, 0.2) is 11.5 Å². The number of methoxy groups -OCH3 is 2. The number of benzene rings is 1. The number of hydrogen-bond acceptors (Lipinski definition) is 3. The lowest BCUT2D eigenvalue weighted by atomic mass is 10.0. The van der Waals surface area contributed by atoms with E-state index in [1.54, 1.807) is 14.2 Å². The third-order valence-corrected chi connectivity index (χ3v) is 2.70. The van der Waals surface area contributed by atoms with Crippen molar-refractivity contribution < 1.29 is 9.47 Å². The fourth-order valence-corrected chi connectivity index (χ4v) is 1.78. The smallest absolute Gasteiger partial charge is 0.165 e. The first-order chi connectivity index (χ1) is 7.74. The van der Waals surface area contributed by atoms with Crippen LogP contribution in [0.15, 0.2) is 18.2 Å². The van der Waals surface area contributed by atoms with E-state index in [2.05, 4.69) is 6.92 Å². The Bertz CT molecular complexity index is 326. The molecule has 16 heavy (non-hydrogen) atoms. The maximum atomic E-state index is 6.15. The first kappa shape index (κ1) is 12.8. The Labute approximate surface area is 97.6 Å². The van der Waals surface area contributed by atoms with E-state index in [0.717, 1.165) is 36.3 Å². The molecule has 0 amide bonds. The molecule has 0 aliphatic rings. The zero-order valence-corrected chi connectivity index (χ0v) is 10.3. The summed E-state index contributed by atoms with van der Waals surface area (Å²) in [6.07, 6.45) is 3.25. The standard InChI is InChI=1S/C13H21NO2/c1-4-5-8-11(14)10-7-6-9-12(15-2)13(10)16-3/h6-7,9,11H,4-5,8,14H2,1-3H3. The van der Waals surface area contributed by atoms with Crippen molar-refractivity contribution in [1.82, 2.24) is 0 Å². The predicted octanol–water partition coefficient (Wildman–Crippen LogP) is 2.89. The highest BCUT2D eigenvalue weighted by atomic mass is 16.5. The molecule has 1 atom stereocenters. The Kier molecular flexibility index (Phi) is 5.12. The highest BCUT2D eigenvalue weighted by Gasteiger charge is 2.14. The van der Waals surface area contributed by atoms with Gasteiger partial charge in [-0.3, -0.25) is 0 Å². The van der Waals surface area contributed by atoms with Crippen LogP contribution in [-0.4, -0.2) is 14.2 Å². The van der Waals surface area contributed by atoms with Gasteiger partial charge in [0.1, 0.15) is 0 Å². The van der Waals surface area contributed by atoms with Crippen molar-refractivity contribution in [3.63, 3.8) is 0 Å². The Morgan fingerprint density at radius 3 is 2.56 bits per heavy atom. The summed E-state index contributed by atoms with van der Waals surface area (Å²) >= 11 is 0. The molecule has 0 bridgehead atoms. The zero-order valence-electron chi connectivity index (χ0n) is 10.3. The van der Waals surface area contributed by atoms with Crippen molar-refractivity contribution in [3.8, 4) is 11.5 Å². The molecule has 0 aliphatic heterocycles. The summed E-state index contributed by atoms with van der Waals surface area (Å²) in [6.45, 7) is 2.16. The van der Waals surface area contributed by atoms with Crippen LogP contribution in [0.1, 0.15) is 37.8 Å². The third kappa shape index (κ3) is 2.89. The van der Waals surface area contributed by atoms with Gasteiger partial charge in [0.25, 0.3) is 0 Å². The van der Waals surface area contributed by atoms with Gasteiger partial charge in [-0.25, -0.2) is 0 Å². The van der Waals surface area contributed by atoms with E-state index in [1.807, 2.05) is 18.2 Å². The molecule has 0 aliphatic carbocycles. The molecule has 0 radical (unpaired) electrons. The minimum atomic E-state index is 0.0185. The molecule has 0 fully saturated rings. The molecule has 0 saturated heterocycles. The van der Waals surface area contributed by atoms with Crippen molar-refractivity contribution in [2.24, 2.45) is 5.73 Å². The van der Waals surface area contributed by atoms with E-state index in [1.165, 1.54) is 0 Å². The van der Waals surface area contributed by atoms with Crippen LogP contribution >= 0.6 is 0 Å². The molecule has 0 saturated carbocycles. The molecule has 2 N–H and O–H groups in total. The molecule has 0 spiro atoms. The summed E-state index contributed by atoms with van der Waals surface area (Å²) < 4.78 is 10.6. The molecular weight excluding hydrogens is 202 g/mol. The molecule has 1 rings (SSSR count). The monoisotopic (exact) mass is 223 g/mol. The minimum absolute atomic E-state index is 0.0185. The number of unbranched alkanes of at least 4 members (excludes halogenated alkanes) is 1. The Morgan fingerprint density at radius 2 is 2.00 bits per heavy atom. The SMILES string of the molecule is CCCCC(N)c1cccc(OC)c1OC.